The molecule has 126 valence electrons. The Kier molecular flexibility index (Phi) is 6.89. The number of benzene rings is 1. The third-order valence-corrected chi connectivity index (χ3v) is 4.99. The largest absolute Gasteiger partial charge is 0.506 e. The van der Waals surface area contributed by atoms with Crippen LogP contribution in [0.1, 0.15) is 12.8 Å². The van der Waals surface area contributed by atoms with Crippen molar-refractivity contribution in [1.82, 2.24) is 9.62 Å². The van der Waals surface area contributed by atoms with Crippen LogP contribution in [-0.4, -0.2) is 41.6 Å². The van der Waals surface area contributed by atoms with Gasteiger partial charge in [-0.05, 0) is 24.3 Å². The lowest BCUT2D eigenvalue weighted by Crippen LogP contribution is -2.45. The summed E-state index contributed by atoms with van der Waals surface area (Å²) in [7, 11) is 0. The van der Waals surface area contributed by atoms with Gasteiger partial charge in [0.25, 0.3) is 0 Å². The Bertz CT molecular complexity index is 578. The summed E-state index contributed by atoms with van der Waals surface area (Å²) in [5, 5.41) is 15.1. The maximum Gasteiger partial charge on any atom is 0.241 e. The van der Waals surface area contributed by atoms with Crippen LogP contribution in [-0.2, 0) is 4.79 Å². The van der Waals surface area contributed by atoms with Crippen LogP contribution in [0.25, 0.3) is 0 Å². The van der Waals surface area contributed by atoms with Crippen molar-refractivity contribution in [1.29, 1.82) is 0 Å². The molecule has 1 aliphatic heterocycles. The molecule has 23 heavy (non-hydrogen) atoms. The van der Waals surface area contributed by atoms with Gasteiger partial charge in [-0.25, -0.2) is 0 Å². The van der Waals surface area contributed by atoms with Gasteiger partial charge < -0.3 is 15.3 Å². The lowest BCUT2D eigenvalue weighted by molar-refractivity contribution is -0.130. The van der Waals surface area contributed by atoms with Gasteiger partial charge in [0.05, 0.1) is 22.3 Å². The molecule has 0 aromatic heterocycles. The van der Waals surface area contributed by atoms with E-state index in [4.69, 9.17) is 23.2 Å². The van der Waals surface area contributed by atoms with Crippen molar-refractivity contribution in [2.24, 2.45) is 0 Å². The Morgan fingerprint density at radius 1 is 1.39 bits per heavy atom. The number of nitrogens with one attached hydrogen (secondary N) is 2. The third-order valence-electron chi connectivity index (χ3n) is 3.63. The Hall–Kier alpha value is -1.08. The molecule has 0 saturated carbocycles. The average molecular weight is 376 g/mol. The van der Waals surface area contributed by atoms with Gasteiger partial charge in [-0.15, -0.1) is 0 Å². The SMILES string of the molecule is C=CSNC1CCN(C(=O)CNc2cc(Cl)c(Cl)cc2O)CC1. The number of halogens is 2. The number of hydrogen-bond donors (Lipinski definition) is 3. The second kappa shape index (κ2) is 8.68. The minimum atomic E-state index is -0.0310. The van der Waals surface area contributed by atoms with Gasteiger partial charge in [0.15, 0.2) is 0 Å². The molecule has 1 aliphatic rings. The highest BCUT2D eigenvalue weighted by Crippen LogP contribution is 2.33. The summed E-state index contributed by atoms with van der Waals surface area (Å²) in [6, 6.07) is 3.26. The lowest BCUT2D eigenvalue weighted by Gasteiger charge is -2.32. The second-order valence-electron chi connectivity index (χ2n) is 5.19. The first kappa shape index (κ1) is 18.3. The molecule has 0 spiro atoms. The van der Waals surface area contributed by atoms with Gasteiger partial charge in [0, 0.05) is 25.2 Å². The fourth-order valence-electron chi connectivity index (χ4n) is 2.35. The van der Waals surface area contributed by atoms with Crippen LogP contribution in [0, 0.1) is 0 Å². The van der Waals surface area contributed by atoms with E-state index in [9.17, 15) is 9.90 Å². The monoisotopic (exact) mass is 375 g/mol. The molecular weight excluding hydrogens is 357 g/mol. The van der Waals surface area contributed by atoms with Gasteiger partial charge >= 0.3 is 0 Å². The zero-order valence-corrected chi connectivity index (χ0v) is 14.8. The van der Waals surface area contributed by atoms with Crippen molar-refractivity contribution in [3.8, 4) is 5.75 Å². The lowest BCUT2D eigenvalue weighted by atomic mass is 10.1. The van der Waals surface area contributed by atoms with Crippen LogP contribution in [0.2, 0.25) is 10.0 Å². The smallest absolute Gasteiger partial charge is 0.241 e. The molecule has 1 aromatic carbocycles. The van der Waals surface area contributed by atoms with E-state index in [1.807, 2.05) is 4.90 Å². The summed E-state index contributed by atoms with van der Waals surface area (Å²) >= 11 is 13.2. The number of nitrogens with zero attached hydrogens (tertiary/aromatic N) is 1. The number of piperidine rings is 1. The molecule has 1 aromatic rings. The number of rotatable bonds is 6. The molecule has 1 amide bonds. The molecule has 1 saturated heterocycles. The normalized spacial score (nSPS) is 15.5. The van der Waals surface area contributed by atoms with Crippen LogP contribution < -0.4 is 10.0 Å². The van der Waals surface area contributed by atoms with Gasteiger partial charge in [-0.3, -0.25) is 9.52 Å². The number of carbonyl (C=O) groups is 1. The van der Waals surface area contributed by atoms with Crippen LogP contribution in [0.15, 0.2) is 24.1 Å². The van der Waals surface area contributed by atoms with E-state index in [-0.39, 0.29) is 23.2 Å². The molecule has 1 heterocycles. The maximum atomic E-state index is 12.2. The minimum Gasteiger partial charge on any atom is -0.506 e. The summed E-state index contributed by atoms with van der Waals surface area (Å²) in [6.45, 7) is 5.17. The quantitative estimate of drug-likeness (QED) is 0.524. The van der Waals surface area contributed by atoms with Crippen molar-refractivity contribution in [2.75, 3.05) is 25.0 Å². The van der Waals surface area contributed by atoms with Gasteiger partial charge in [-0.2, -0.15) is 0 Å². The highest BCUT2D eigenvalue weighted by molar-refractivity contribution is 8.00. The molecule has 8 heteroatoms. The number of likely N-dealkylation sites (tertiary alicyclic amines) is 1. The summed E-state index contributed by atoms with van der Waals surface area (Å²) in [4.78, 5) is 14.1. The van der Waals surface area contributed by atoms with Crippen molar-refractivity contribution in [2.45, 2.75) is 18.9 Å². The second-order valence-corrected chi connectivity index (χ2v) is 6.81. The zero-order valence-electron chi connectivity index (χ0n) is 12.5. The minimum absolute atomic E-state index is 0.00898. The standard InChI is InChI=1S/C15H19Cl2N3O2S/c1-2-23-19-10-3-5-20(6-4-10)15(22)9-18-13-7-11(16)12(17)8-14(13)21/h2,7-8,10,18-19,21H,1,3-6,9H2. The number of phenols is 1. The summed E-state index contributed by atoms with van der Waals surface area (Å²) in [5.41, 5.74) is 0.395. The zero-order chi connectivity index (χ0) is 16.8. The predicted octanol–water partition coefficient (Wildman–Crippen LogP) is 3.48. The number of anilines is 1. The molecule has 0 bridgehead atoms. The van der Waals surface area contributed by atoms with E-state index < -0.39 is 0 Å². The topological polar surface area (TPSA) is 64.6 Å². The van der Waals surface area contributed by atoms with E-state index in [0.717, 1.165) is 12.8 Å². The van der Waals surface area contributed by atoms with Crippen LogP contribution in [0.3, 0.4) is 0 Å². The fraction of sp³-hybridized carbons (Fsp3) is 0.400. The van der Waals surface area contributed by atoms with E-state index >= 15 is 0 Å². The summed E-state index contributed by atoms with van der Waals surface area (Å²) < 4.78 is 3.29. The maximum absolute atomic E-state index is 12.2. The van der Waals surface area contributed by atoms with Gasteiger partial charge in [0.1, 0.15) is 5.75 Å². The first-order valence-corrected chi connectivity index (χ1v) is 8.86. The number of aromatic hydroxyl groups is 1. The molecule has 0 atom stereocenters. The number of phenolic OH excluding ortho intramolecular Hbond substituents is 1. The molecule has 0 aliphatic carbocycles. The molecule has 3 N–H and O–H groups in total. The molecule has 0 radical (unpaired) electrons. The van der Waals surface area contributed by atoms with Crippen molar-refractivity contribution >= 4 is 46.7 Å². The average Bonchev–Trinajstić information content (AvgIpc) is 2.55. The Balaban J connectivity index is 1.82. The van der Waals surface area contributed by atoms with Crippen molar-refractivity contribution in [3.05, 3.63) is 34.2 Å². The van der Waals surface area contributed by atoms with Crippen molar-refractivity contribution in [3.63, 3.8) is 0 Å². The van der Waals surface area contributed by atoms with E-state index in [1.54, 1.807) is 5.41 Å². The highest BCUT2D eigenvalue weighted by atomic mass is 35.5. The molecular formula is C15H19Cl2N3O2S. The van der Waals surface area contributed by atoms with Crippen LogP contribution in [0.4, 0.5) is 5.69 Å². The van der Waals surface area contributed by atoms with Crippen molar-refractivity contribution < 1.29 is 9.90 Å². The van der Waals surface area contributed by atoms with Gasteiger partial charge in [0.2, 0.25) is 5.91 Å². The molecule has 0 unspecified atom stereocenters. The third kappa shape index (κ3) is 5.21. The Morgan fingerprint density at radius 2 is 2.04 bits per heavy atom. The molecule has 1 fully saturated rings. The Labute approximate surface area is 150 Å². The van der Waals surface area contributed by atoms with E-state index in [0.29, 0.717) is 29.8 Å². The molecule has 2 rings (SSSR count). The molecule has 5 nitrogen and oxygen atoms in total. The van der Waals surface area contributed by atoms with Crippen LogP contribution >= 0.6 is 35.1 Å². The summed E-state index contributed by atoms with van der Waals surface area (Å²) in [6.07, 6.45) is 1.81. The van der Waals surface area contributed by atoms with E-state index in [2.05, 4.69) is 16.6 Å². The predicted molar refractivity (Wildman–Crippen MR) is 97.1 cm³/mol. The summed E-state index contributed by atoms with van der Waals surface area (Å²) in [5.74, 6) is -0.0399. The van der Waals surface area contributed by atoms with Crippen LogP contribution in [0.5, 0.6) is 5.75 Å². The fourth-order valence-corrected chi connectivity index (χ4v) is 3.20. The van der Waals surface area contributed by atoms with Gasteiger partial charge in [-0.1, -0.05) is 41.7 Å². The Morgan fingerprint density at radius 3 is 2.70 bits per heavy atom. The first-order chi connectivity index (χ1) is 11.0. The van der Waals surface area contributed by atoms with E-state index in [1.165, 1.54) is 24.1 Å². The number of amides is 1. The number of hydrogen-bond acceptors (Lipinski definition) is 5. The highest BCUT2D eigenvalue weighted by Gasteiger charge is 2.22. The number of carbonyl (C=O) groups excluding carboxylic acids is 1. The first-order valence-electron chi connectivity index (χ1n) is 7.23.